The summed E-state index contributed by atoms with van der Waals surface area (Å²) in [6.07, 6.45) is 1.58. The van der Waals surface area contributed by atoms with Crippen LogP contribution in [-0.2, 0) is 11.3 Å². The van der Waals surface area contributed by atoms with E-state index in [1.165, 1.54) is 0 Å². The fourth-order valence-electron chi connectivity index (χ4n) is 1.46. The van der Waals surface area contributed by atoms with Crippen molar-refractivity contribution in [2.24, 2.45) is 0 Å². The van der Waals surface area contributed by atoms with Gasteiger partial charge >= 0.3 is 0 Å². The van der Waals surface area contributed by atoms with Gasteiger partial charge in [0.25, 0.3) is 0 Å². The van der Waals surface area contributed by atoms with E-state index in [1.54, 1.807) is 6.26 Å². The summed E-state index contributed by atoms with van der Waals surface area (Å²) in [5.41, 5.74) is 0.697. The topological polar surface area (TPSA) is 25.6 Å². The molecule has 1 fully saturated rings. The maximum atomic E-state index is 5.55. The Morgan fingerprint density at radius 2 is 2.15 bits per heavy atom. The Hall–Kier alpha value is -0.735. The van der Waals surface area contributed by atoms with Crippen molar-refractivity contribution in [2.45, 2.75) is 6.54 Å². The second kappa shape index (κ2) is 3.98. The van der Waals surface area contributed by atoms with E-state index in [2.05, 4.69) is 4.90 Å². The average molecular weight is 177 g/mol. The highest BCUT2D eigenvalue weighted by atomic mass is 16.5. The van der Waals surface area contributed by atoms with Crippen LogP contribution >= 0.6 is 0 Å². The van der Waals surface area contributed by atoms with Crippen LogP contribution in [0.25, 0.3) is 0 Å². The van der Waals surface area contributed by atoms with Crippen LogP contribution in [0.4, 0.5) is 0 Å². The number of ether oxygens (including phenoxy) is 1. The molecule has 13 heavy (non-hydrogen) atoms. The zero-order valence-corrected chi connectivity index (χ0v) is 7.53. The summed E-state index contributed by atoms with van der Waals surface area (Å²) >= 11 is 0. The lowest BCUT2D eigenvalue weighted by atomic mass is 10.0. The highest BCUT2D eigenvalue weighted by Gasteiger charge is 2.11. The number of furan rings is 1. The summed E-state index contributed by atoms with van der Waals surface area (Å²) in [5.74, 6) is 0.930. The van der Waals surface area contributed by atoms with Crippen molar-refractivity contribution in [3.05, 3.63) is 18.1 Å². The molecule has 0 bridgehead atoms. The molecule has 0 amide bonds. The predicted molar refractivity (Wildman–Crippen MR) is 50.2 cm³/mol. The number of hydrogen-bond donors (Lipinski definition) is 0. The third kappa shape index (κ3) is 2.35. The minimum atomic E-state index is 0.697. The third-order valence-corrected chi connectivity index (χ3v) is 2.16. The molecule has 0 unspecified atom stereocenters. The van der Waals surface area contributed by atoms with Crippen LogP contribution < -0.4 is 5.46 Å². The molecule has 1 aromatic rings. The average Bonchev–Trinajstić information content (AvgIpc) is 2.53. The highest BCUT2D eigenvalue weighted by Crippen LogP contribution is 2.05. The molecule has 1 aliphatic heterocycles. The van der Waals surface area contributed by atoms with E-state index < -0.39 is 0 Å². The lowest BCUT2D eigenvalue weighted by Gasteiger charge is -2.25. The predicted octanol–water partition coefficient (Wildman–Crippen LogP) is -0.0944. The van der Waals surface area contributed by atoms with Gasteiger partial charge in [-0.15, -0.1) is 0 Å². The van der Waals surface area contributed by atoms with Gasteiger partial charge in [-0.05, 0) is 6.07 Å². The van der Waals surface area contributed by atoms with Crippen LogP contribution in [0.15, 0.2) is 16.7 Å². The van der Waals surface area contributed by atoms with Crippen molar-refractivity contribution in [1.82, 2.24) is 4.90 Å². The largest absolute Gasteiger partial charge is 0.469 e. The first kappa shape index (κ1) is 8.85. The van der Waals surface area contributed by atoms with Gasteiger partial charge in [-0.3, -0.25) is 4.90 Å². The van der Waals surface area contributed by atoms with Gasteiger partial charge in [0.2, 0.25) is 0 Å². The van der Waals surface area contributed by atoms with Crippen LogP contribution in [0, 0.1) is 0 Å². The summed E-state index contributed by atoms with van der Waals surface area (Å²) < 4.78 is 10.5. The van der Waals surface area contributed by atoms with Crippen molar-refractivity contribution >= 4 is 13.3 Å². The molecule has 0 saturated carbocycles. The van der Waals surface area contributed by atoms with Gasteiger partial charge in [-0.25, -0.2) is 0 Å². The van der Waals surface area contributed by atoms with E-state index in [-0.39, 0.29) is 0 Å². The Kier molecular flexibility index (Phi) is 2.71. The smallest absolute Gasteiger partial charge is 0.118 e. The monoisotopic (exact) mass is 177 g/mol. The maximum Gasteiger partial charge on any atom is 0.118 e. The summed E-state index contributed by atoms with van der Waals surface area (Å²) in [6.45, 7) is 4.41. The fourth-order valence-corrected chi connectivity index (χ4v) is 1.46. The van der Waals surface area contributed by atoms with Crippen molar-refractivity contribution in [3.8, 4) is 0 Å². The summed E-state index contributed by atoms with van der Waals surface area (Å²) in [7, 11) is 5.55. The van der Waals surface area contributed by atoms with Gasteiger partial charge in [0.1, 0.15) is 13.6 Å². The minimum Gasteiger partial charge on any atom is -0.469 e. The van der Waals surface area contributed by atoms with E-state index >= 15 is 0 Å². The number of morpholine rings is 1. The second-order valence-electron chi connectivity index (χ2n) is 3.23. The minimum absolute atomic E-state index is 0.697. The molecule has 4 heteroatoms. The van der Waals surface area contributed by atoms with E-state index in [9.17, 15) is 0 Å². The fraction of sp³-hybridized carbons (Fsp3) is 0.556. The molecule has 0 atom stereocenters. The van der Waals surface area contributed by atoms with Crippen molar-refractivity contribution < 1.29 is 9.15 Å². The standard InChI is InChI=1S/C9H12BNO2/c10-8-5-9(13-7-8)6-11-1-3-12-4-2-11/h5,7H,1-4,6H2. The van der Waals surface area contributed by atoms with E-state index in [0.717, 1.165) is 38.6 Å². The molecule has 1 saturated heterocycles. The van der Waals surface area contributed by atoms with Crippen molar-refractivity contribution in [1.29, 1.82) is 0 Å². The Morgan fingerprint density at radius 1 is 1.38 bits per heavy atom. The molecule has 1 aliphatic rings. The molecule has 0 aromatic carbocycles. The van der Waals surface area contributed by atoms with Crippen molar-refractivity contribution in [3.63, 3.8) is 0 Å². The normalized spacial score (nSPS) is 19.1. The molecule has 3 nitrogen and oxygen atoms in total. The number of rotatable bonds is 2. The van der Waals surface area contributed by atoms with Gasteiger partial charge < -0.3 is 9.15 Å². The molecule has 0 spiro atoms. The van der Waals surface area contributed by atoms with Gasteiger partial charge in [0, 0.05) is 13.1 Å². The molecule has 2 radical (unpaired) electrons. The Morgan fingerprint density at radius 3 is 2.77 bits per heavy atom. The number of nitrogens with zero attached hydrogens (tertiary/aromatic N) is 1. The summed E-state index contributed by atoms with van der Waals surface area (Å²) in [4.78, 5) is 2.29. The zero-order chi connectivity index (χ0) is 9.10. The first-order valence-corrected chi connectivity index (χ1v) is 4.47. The van der Waals surface area contributed by atoms with Crippen LogP contribution in [0.3, 0.4) is 0 Å². The molecular formula is C9H12BNO2. The quantitative estimate of drug-likeness (QED) is 0.590. The lowest BCUT2D eigenvalue weighted by molar-refractivity contribution is 0.0313. The van der Waals surface area contributed by atoms with Gasteiger partial charge in [-0.2, -0.15) is 0 Å². The summed E-state index contributed by atoms with van der Waals surface area (Å²) in [5, 5.41) is 0. The van der Waals surface area contributed by atoms with E-state index in [1.807, 2.05) is 6.07 Å². The first-order chi connectivity index (χ1) is 6.34. The van der Waals surface area contributed by atoms with Gasteiger partial charge in [0.05, 0.1) is 26.0 Å². The highest BCUT2D eigenvalue weighted by molar-refractivity contribution is 6.32. The third-order valence-electron chi connectivity index (χ3n) is 2.16. The molecule has 0 N–H and O–H groups in total. The molecule has 68 valence electrons. The van der Waals surface area contributed by atoms with Crippen LogP contribution in [0.2, 0.25) is 0 Å². The maximum absolute atomic E-state index is 5.55. The molecule has 0 aliphatic carbocycles. The molecule has 1 aromatic heterocycles. The second-order valence-corrected chi connectivity index (χ2v) is 3.23. The molecule has 2 heterocycles. The van der Waals surface area contributed by atoms with Gasteiger partial charge in [0.15, 0.2) is 0 Å². The molecule has 2 rings (SSSR count). The SMILES string of the molecule is [B]c1coc(CN2CCOCC2)c1. The van der Waals surface area contributed by atoms with E-state index in [0.29, 0.717) is 5.46 Å². The Balaban J connectivity index is 1.89. The molecular weight excluding hydrogens is 165 g/mol. The summed E-state index contributed by atoms with van der Waals surface area (Å²) in [6, 6.07) is 1.87. The Bertz CT molecular complexity index is 268. The first-order valence-electron chi connectivity index (χ1n) is 4.47. The number of hydrogen-bond acceptors (Lipinski definition) is 3. The lowest BCUT2D eigenvalue weighted by Crippen LogP contribution is -2.35. The Labute approximate surface area is 79.1 Å². The van der Waals surface area contributed by atoms with E-state index in [4.69, 9.17) is 17.0 Å². The zero-order valence-electron chi connectivity index (χ0n) is 7.53. The van der Waals surface area contributed by atoms with Crippen LogP contribution in [0.5, 0.6) is 0 Å². The van der Waals surface area contributed by atoms with Crippen LogP contribution in [0.1, 0.15) is 5.76 Å². The van der Waals surface area contributed by atoms with Gasteiger partial charge in [-0.1, -0.05) is 5.46 Å². The van der Waals surface area contributed by atoms with Crippen molar-refractivity contribution in [2.75, 3.05) is 26.3 Å². The van der Waals surface area contributed by atoms with Crippen LogP contribution in [-0.4, -0.2) is 39.0 Å².